The Balaban J connectivity index is 1.33. The summed E-state index contributed by atoms with van der Waals surface area (Å²) in [6, 6.07) is 18.7. The third kappa shape index (κ3) is 5.43. The zero-order valence-corrected chi connectivity index (χ0v) is 22.0. The van der Waals surface area contributed by atoms with Crippen LogP contribution in [0.25, 0.3) is 0 Å². The van der Waals surface area contributed by atoms with Crippen LogP contribution in [0.1, 0.15) is 50.6 Å². The number of esters is 1. The van der Waals surface area contributed by atoms with Crippen LogP contribution in [0.15, 0.2) is 71.9 Å². The standard InChI is InChI=1S/C31H26N4O6/c32-15-19-2-1-3-20(12-19)16-39-30(37)27-24(8-4-18-5-9-25-26(13-18)41-17-40-25)34-31(38)35-28(27)22-6-7-23-21(14-22)10-11-33-29(23)36/h1-3,5-7,9,12-14,28H,4,8,10-11,16-17H2,(H,33,36)(H2,34,35,38). The van der Waals surface area contributed by atoms with Gasteiger partial charge in [-0.1, -0.05) is 30.3 Å². The molecule has 1 atom stereocenters. The number of fused-ring (bicyclic) bond motifs is 2. The zero-order valence-electron chi connectivity index (χ0n) is 22.0. The predicted octanol–water partition coefficient (Wildman–Crippen LogP) is 3.56. The molecule has 0 aliphatic carbocycles. The number of carbonyl (C=O) groups excluding carboxylic acids is 3. The fourth-order valence-electron chi connectivity index (χ4n) is 5.26. The number of hydrogen-bond acceptors (Lipinski definition) is 7. The molecule has 206 valence electrons. The highest BCUT2D eigenvalue weighted by atomic mass is 16.7. The molecule has 3 aromatic carbocycles. The van der Waals surface area contributed by atoms with Gasteiger partial charge in [0.05, 0.1) is 23.2 Å². The molecule has 10 heteroatoms. The molecular weight excluding hydrogens is 524 g/mol. The number of ether oxygens (including phenoxy) is 3. The van der Waals surface area contributed by atoms with E-state index in [0.717, 1.165) is 11.1 Å². The van der Waals surface area contributed by atoms with Crippen LogP contribution in [0.4, 0.5) is 4.79 Å². The number of carbonyl (C=O) groups is 3. The molecule has 3 amide bonds. The van der Waals surface area contributed by atoms with E-state index in [1.165, 1.54) is 0 Å². The molecule has 6 rings (SSSR count). The van der Waals surface area contributed by atoms with Crippen LogP contribution in [-0.4, -0.2) is 31.2 Å². The second-order valence-electron chi connectivity index (χ2n) is 9.92. The van der Waals surface area contributed by atoms with Crippen molar-refractivity contribution in [3.8, 4) is 17.6 Å². The van der Waals surface area contributed by atoms with Crippen molar-refractivity contribution in [2.75, 3.05) is 13.3 Å². The molecule has 3 aliphatic heterocycles. The minimum atomic E-state index is -0.788. The Morgan fingerprint density at radius 3 is 2.76 bits per heavy atom. The average Bonchev–Trinajstić information content (AvgIpc) is 3.46. The lowest BCUT2D eigenvalue weighted by Crippen LogP contribution is -2.46. The molecule has 0 bridgehead atoms. The number of urea groups is 1. The third-order valence-electron chi connectivity index (χ3n) is 7.29. The van der Waals surface area contributed by atoms with Crippen LogP contribution in [-0.2, 0) is 29.0 Å². The zero-order chi connectivity index (χ0) is 28.3. The van der Waals surface area contributed by atoms with Crippen LogP contribution < -0.4 is 25.4 Å². The van der Waals surface area contributed by atoms with E-state index < -0.39 is 18.0 Å². The van der Waals surface area contributed by atoms with Crippen molar-refractivity contribution in [1.29, 1.82) is 5.26 Å². The number of nitriles is 1. The summed E-state index contributed by atoms with van der Waals surface area (Å²) in [5.41, 5.74) is 4.91. The summed E-state index contributed by atoms with van der Waals surface area (Å²) in [7, 11) is 0. The highest BCUT2D eigenvalue weighted by Gasteiger charge is 2.34. The highest BCUT2D eigenvalue weighted by Crippen LogP contribution is 2.34. The van der Waals surface area contributed by atoms with E-state index in [1.54, 1.807) is 36.4 Å². The van der Waals surface area contributed by atoms with Gasteiger partial charge in [-0.05, 0) is 71.8 Å². The van der Waals surface area contributed by atoms with Crippen LogP contribution >= 0.6 is 0 Å². The molecule has 0 fully saturated rings. The Hall–Kier alpha value is -5.30. The van der Waals surface area contributed by atoms with Gasteiger partial charge in [-0.3, -0.25) is 4.79 Å². The van der Waals surface area contributed by atoms with Gasteiger partial charge >= 0.3 is 12.0 Å². The molecule has 3 aromatic rings. The minimum absolute atomic E-state index is 0.0433. The number of nitrogens with zero attached hydrogens (tertiary/aromatic N) is 1. The van der Waals surface area contributed by atoms with Gasteiger partial charge in [0.2, 0.25) is 6.79 Å². The molecule has 3 heterocycles. The van der Waals surface area contributed by atoms with Gasteiger partial charge in [-0.2, -0.15) is 5.26 Å². The first kappa shape index (κ1) is 26.0. The lowest BCUT2D eigenvalue weighted by Gasteiger charge is -2.30. The second kappa shape index (κ2) is 11.1. The summed E-state index contributed by atoms with van der Waals surface area (Å²) in [5, 5.41) is 17.7. The smallest absolute Gasteiger partial charge is 0.338 e. The molecular formula is C31H26N4O6. The number of rotatable bonds is 7. The molecule has 0 saturated heterocycles. The molecule has 0 aromatic heterocycles. The maximum absolute atomic E-state index is 13.7. The van der Waals surface area contributed by atoms with E-state index in [2.05, 4.69) is 22.0 Å². The van der Waals surface area contributed by atoms with Crippen molar-refractivity contribution in [3.63, 3.8) is 0 Å². The quantitative estimate of drug-likeness (QED) is 0.383. The van der Waals surface area contributed by atoms with Crippen molar-refractivity contribution < 1.29 is 28.6 Å². The van der Waals surface area contributed by atoms with Crippen LogP contribution in [0, 0.1) is 11.3 Å². The van der Waals surface area contributed by atoms with Gasteiger partial charge in [0.25, 0.3) is 5.91 Å². The number of benzene rings is 3. The normalized spacial score (nSPS) is 17.1. The van der Waals surface area contributed by atoms with Crippen molar-refractivity contribution in [3.05, 3.63) is 105 Å². The molecule has 10 nitrogen and oxygen atoms in total. The maximum Gasteiger partial charge on any atom is 0.338 e. The van der Waals surface area contributed by atoms with E-state index in [-0.39, 0.29) is 24.9 Å². The van der Waals surface area contributed by atoms with Gasteiger partial charge in [0, 0.05) is 17.8 Å². The lowest BCUT2D eigenvalue weighted by molar-refractivity contribution is -0.140. The number of amides is 3. The van der Waals surface area contributed by atoms with Gasteiger partial charge < -0.3 is 30.2 Å². The fourth-order valence-corrected chi connectivity index (χ4v) is 5.26. The number of hydrogen-bond donors (Lipinski definition) is 3. The molecule has 0 saturated carbocycles. The first-order valence-corrected chi connectivity index (χ1v) is 13.2. The minimum Gasteiger partial charge on any atom is -0.457 e. The Bertz CT molecular complexity index is 1640. The molecule has 3 aliphatic rings. The Morgan fingerprint density at radius 2 is 1.88 bits per heavy atom. The summed E-state index contributed by atoms with van der Waals surface area (Å²) in [6.07, 6.45) is 1.51. The monoisotopic (exact) mass is 550 g/mol. The first-order chi connectivity index (χ1) is 20.0. The summed E-state index contributed by atoms with van der Waals surface area (Å²) in [6.45, 7) is 0.641. The average molecular weight is 551 g/mol. The Labute approximate surface area is 235 Å². The maximum atomic E-state index is 13.7. The summed E-state index contributed by atoms with van der Waals surface area (Å²) in [5.74, 6) is 0.586. The number of allylic oxidation sites excluding steroid dienone is 1. The SMILES string of the molecule is N#Cc1cccc(COC(=O)C2=C(CCc3ccc4c(c3)OCO4)NC(=O)NC2c2ccc3c(c2)CCNC3=O)c1. The second-order valence-corrected chi connectivity index (χ2v) is 9.92. The van der Waals surface area contributed by atoms with Crippen molar-refractivity contribution >= 4 is 17.9 Å². The van der Waals surface area contributed by atoms with Crippen LogP contribution in [0.2, 0.25) is 0 Å². The van der Waals surface area contributed by atoms with E-state index in [0.29, 0.717) is 65.3 Å². The predicted molar refractivity (Wildman–Crippen MR) is 146 cm³/mol. The lowest BCUT2D eigenvalue weighted by atomic mass is 9.89. The van der Waals surface area contributed by atoms with Crippen molar-refractivity contribution in [2.24, 2.45) is 0 Å². The summed E-state index contributed by atoms with van der Waals surface area (Å²) < 4.78 is 16.6. The Kier molecular flexibility index (Phi) is 7.00. The van der Waals surface area contributed by atoms with E-state index in [1.807, 2.05) is 24.3 Å². The molecule has 41 heavy (non-hydrogen) atoms. The number of aryl methyl sites for hydroxylation is 1. The molecule has 3 N–H and O–H groups in total. The molecule has 0 spiro atoms. The van der Waals surface area contributed by atoms with Gasteiger partial charge in [-0.15, -0.1) is 0 Å². The van der Waals surface area contributed by atoms with E-state index in [9.17, 15) is 19.6 Å². The summed E-state index contributed by atoms with van der Waals surface area (Å²) >= 11 is 0. The van der Waals surface area contributed by atoms with Crippen molar-refractivity contribution in [1.82, 2.24) is 16.0 Å². The first-order valence-electron chi connectivity index (χ1n) is 13.2. The van der Waals surface area contributed by atoms with Crippen LogP contribution in [0.3, 0.4) is 0 Å². The van der Waals surface area contributed by atoms with Gasteiger partial charge in [0.1, 0.15) is 6.61 Å². The largest absolute Gasteiger partial charge is 0.457 e. The number of nitrogens with one attached hydrogen (secondary N) is 3. The van der Waals surface area contributed by atoms with Crippen LogP contribution in [0.5, 0.6) is 11.5 Å². The third-order valence-corrected chi connectivity index (χ3v) is 7.29. The van der Waals surface area contributed by atoms with E-state index >= 15 is 0 Å². The van der Waals surface area contributed by atoms with Crippen molar-refractivity contribution in [2.45, 2.75) is 31.9 Å². The van der Waals surface area contributed by atoms with Gasteiger partial charge in [-0.25, -0.2) is 9.59 Å². The van der Waals surface area contributed by atoms with E-state index in [4.69, 9.17) is 14.2 Å². The molecule has 1 unspecified atom stereocenters. The Morgan fingerprint density at radius 1 is 1.00 bits per heavy atom. The topological polar surface area (TPSA) is 139 Å². The summed E-state index contributed by atoms with van der Waals surface area (Å²) in [4.78, 5) is 38.8. The molecule has 0 radical (unpaired) electrons. The van der Waals surface area contributed by atoms with Gasteiger partial charge in [0.15, 0.2) is 11.5 Å². The fraction of sp³-hybridized carbons (Fsp3) is 0.226. The highest BCUT2D eigenvalue weighted by molar-refractivity contribution is 5.97.